The maximum Gasteiger partial charge on any atom is 0.186 e. The van der Waals surface area contributed by atoms with Gasteiger partial charge in [0.15, 0.2) is 12.6 Å². The topological polar surface area (TPSA) is 177 Å². The van der Waals surface area contributed by atoms with Crippen LogP contribution >= 0.6 is 0 Å². The summed E-state index contributed by atoms with van der Waals surface area (Å²) < 4.78 is 32.0. The van der Waals surface area contributed by atoms with Crippen LogP contribution in [0.2, 0.25) is 0 Å². The summed E-state index contributed by atoms with van der Waals surface area (Å²) >= 11 is 0. The number of hydrogen-bond acceptors (Lipinski definition) is 12. The lowest BCUT2D eigenvalue weighted by Crippen LogP contribution is -2.59. The molecule has 12 nitrogen and oxygen atoms in total. The Hall–Kier alpha value is -0.480. The molecule has 2 fully saturated rings. The first-order valence-electron chi connectivity index (χ1n) is 19.8. The van der Waals surface area contributed by atoms with Crippen LogP contribution in [0.25, 0.3) is 0 Å². The van der Waals surface area contributed by atoms with Crippen LogP contribution in [0.1, 0.15) is 142 Å². The van der Waals surface area contributed by atoms with Gasteiger partial charge in [-0.05, 0) is 12.8 Å². The van der Waals surface area contributed by atoms with E-state index >= 15 is 0 Å². The molecule has 0 aromatic rings. The molecular formula is C38H76O12. The minimum absolute atomic E-state index is 0.183. The highest BCUT2D eigenvalue weighted by Gasteiger charge is 2.45. The lowest BCUT2D eigenvalue weighted by atomic mass is 9.99. The van der Waals surface area contributed by atoms with Gasteiger partial charge >= 0.3 is 0 Å². The average molecular weight is 725 g/mol. The van der Waals surface area contributed by atoms with Crippen molar-refractivity contribution < 1.29 is 59.1 Å². The first-order valence-corrected chi connectivity index (χ1v) is 19.8. The van der Waals surface area contributed by atoms with Gasteiger partial charge in [0.25, 0.3) is 0 Å². The van der Waals surface area contributed by atoms with Gasteiger partial charge in [-0.1, -0.05) is 129 Å². The predicted octanol–water partition coefficient (Wildman–Crippen LogP) is 4.76. The van der Waals surface area contributed by atoms with E-state index < -0.39 is 61.4 Å². The normalized spacial score (nSPS) is 29.9. The van der Waals surface area contributed by atoms with Crippen LogP contribution in [-0.2, 0) is 28.4 Å². The minimum atomic E-state index is -1.29. The zero-order valence-electron chi connectivity index (χ0n) is 31.9. The molecule has 6 N–H and O–H groups in total. The zero-order valence-corrected chi connectivity index (χ0v) is 31.9. The summed E-state index contributed by atoms with van der Waals surface area (Å²) in [6.07, 6.45) is 15.1. The van der Waals surface area contributed by atoms with Gasteiger partial charge in [0.05, 0.1) is 13.2 Å². The Morgan fingerprint density at radius 1 is 0.460 bits per heavy atom. The monoisotopic (exact) mass is 725 g/mol. The number of ether oxygens (including phenoxy) is 6. The van der Waals surface area contributed by atoms with Crippen LogP contribution in [-0.4, -0.2) is 133 Å². The Morgan fingerprint density at radius 3 is 1.30 bits per heavy atom. The number of aliphatic hydroxyl groups is 6. The first-order chi connectivity index (χ1) is 24.3. The number of rotatable bonds is 28. The molecule has 12 heteroatoms. The van der Waals surface area contributed by atoms with Crippen LogP contribution in [0.3, 0.4) is 0 Å². The van der Waals surface area contributed by atoms with Crippen molar-refractivity contribution in [2.24, 2.45) is 0 Å². The van der Waals surface area contributed by atoms with Crippen LogP contribution in [0.5, 0.6) is 0 Å². The Bertz CT molecular complexity index is 733. The Kier molecular flexibility index (Phi) is 29.4. The van der Waals surface area contributed by atoms with Crippen molar-refractivity contribution in [1.29, 1.82) is 0 Å². The maximum atomic E-state index is 10.2. The summed E-state index contributed by atoms with van der Waals surface area (Å²) in [7, 11) is 2.78. The Balaban J connectivity index is 0.000000500. The molecule has 0 bridgehead atoms. The Morgan fingerprint density at radius 2 is 0.860 bits per heavy atom. The molecule has 50 heavy (non-hydrogen) atoms. The SMILES string of the molecule is CCCCCCCCCCCCOCC1O[C@H](OC)C(O)[C@@H](O)[C@@H]1O.CCCCCCCCCCCCO[C@@H]1C(CO)O[C@H](OC)C(O)[C@H]1O. The lowest BCUT2D eigenvalue weighted by molar-refractivity contribution is -0.301. The molecule has 2 aliphatic heterocycles. The Labute approximate surface area is 303 Å². The van der Waals surface area contributed by atoms with E-state index in [0.717, 1.165) is 25.7 Å². The van der Waals surface area contributed by atoms with Gasteiger partial charge < -0.3 is 59.1 Å². The summed E-state index contributed by atoms with van der Waals surface area (Å²) in [6.45, 7) is 5.47. The van der Waals surface area contributed by atoms with Gasteiger partial charge in [-0.15, -0.1) is 0 Å². The van der Waals surface area contributed by atoms with E-state index in [1.165, 1.54) is 117 Å². The summed E-state index contributed by atoms with van der Waals surface area (Å²) in [6, 6.07) is 0. The molecule has 300 valence electrons. The fraction of sp³-hybridized carbons (Fsp3) is 1.00. The van der Waals surface area contributed by atoms with E-state index in [1.54, 1.807) is 0 Å². The fourth-order valence-corrected chi connectivity index (χ4v) is 6.40. The second kappa shape index (κ2) is 30.9. The molecule has 0 aromatic heterocycles. The highest BCUT2D eigenvalue weighted by atomic mass is 16.7. The van der Waals surface area contributed by atoms with E-state index in [-0.39, 0.29) is 13.2 Å². The summed E-state index contributed by atoms with van der Waals surface area (Å²) in [5.41, 5.74) is 0. The third-order valence-corrected chi connectivity index (χ3v) is 9.69. The zero-order chi connectivity index (χ0) is 37.0. The van der Waals surface area contributed by atoms with Crippen molar-refractivity contribution in [1.82, 2.24) is 0 Å². The van der Waals surface area contributed by atoms with Crippen molar-refractivity contribution in [2.75, 3.05) is 40.6 Å². The van der Waals surface area contributed by atoms with Crippen molar-refractivity contribution in [3.05, 3.63) is 0 Å². The summed E-state index contributed by atoms with van der Waals surface area (Å²) in [4.78, 5) is 0. The number of hydrogen-bond donors (Lipinski definition) is 6. The molecule has 0 aliphatic carbocycles. The van der Waals surface area contributed by atoms with Gasteiger partial charge in [-0.2, -0.15) is 0 Å². The van der Waals surface area contributed by atoms with Crippen LogP contribution < -0.4 is 0 Å². The van der Waals surface area contributed by atoms with Crippen LogP contribution in [0, 0.1) is 0 Å². The van der Waals surface area contributed by atoms with Crippen molar-refractivity contribution in [2.45, 2.75) is 204 Å². The van der Waals surface area contributed by atoms with Crippen LogP contribution in [0.4, 0.5) is 0 Å². The molecule has 0 radical (unpaired) electrons. The van der Waals surface area contributed by atoms with Gasteiger partial charge in [0, 0.05) is 27.4 Å². The van der Waals surface area contributed by atoms with E-state index in [9.17, 15) is 30.6 Å². The molecule has 0 amide bonds. The molecule has 2 saturated heterocycles. The quantitative estimate of drug-likeness (QED) is 0.0612. The standard InChI is InChI=1S/2C19H38O6/c1-3-4-5-6-7-8-9-10-11-12-13-24-18-15(14-20)25-19(23-2)17(22)16(18)21;1-3-4-5-6-7-8-9-10-11-12-13-24-14-15-16(20)17(21)18(22)19(23-2)25-15/h2*15-22H,3-14H2,1-2H3/t15?,16-,17?,18-,19+;15?,16-,17+,18?,19+/m11/s1. The van der Waals surface area contributed by atoms with E-state index in [0.29, 0.717) is 13.2 Å². The molecule has 0 saturated carbocycles. The molecule has 0 spiro atoms. The van der Waals surface area contributed by atoms with Crippen molar-refractivity contribution >= 4 is 0 Å². The third-order valence-electron chi connectivity index (χ3n) is 9.69. The molecule has 4 unspecified atom stereocenters. The molecule has 10 atom stereocenters. The van der Waals surface area contributed by atoms with Gasteiger partial charge in [-0.3, -0.25) is 0 Å². The number of methoxy groups -OCH3 is 2. The molecule has 2 aliphatic rings. The van der Waals surface area contributed by atoms with Crippen LogP contribution in [0.15, 0.2) is 0 Å². The summed E-state index contributed by atoms with van der Waals surface area (Å²) in [5, 5.41) is 58.9. The smallest absolute Gasteiger partial charge is 0.186 e. The fourth-order valence-electron chi connectivity index (χ4n) is 6.40. The molecule has 2 heterocycles. The predicted molar refractivity (Wildman–Crippen MR) is 193 cm³/mol. The van der Waals surface area contributed by atoms with Gasteiger partial charge in [-0.25, -0.2) is 0 Å². The summed E-state index contributed by atoms with van der Waals surface area (Å²) in [5.74, 6) is 0. The average Bonchev–Trinajstić information content (AvgIpc) is 3.12. The number of aliphatic hydroxyl groups excluding tert-OH is 6. The molecule has 0 aromatic carbocycles. The van der Waals surface area contributed by atoms with Crippen molar-refractivity contribution in [3.63, 3.8) is 0 Å². The number of unbranched alkanes of at least 4 members (excludes halogenated alkanes) is 18. The van der Waals surface area contributed by atoms with Gasteiger partial charge in [0.1, 0.15) is 48.8 Å². The highest BCUT2D eigenvalue weighted by molar-refractivity contribution is 4.90. The van der Waals surface area contributed by atoms with E-state index in [1.807, 2.05) is 0 Å². The molecular weight excluding hydrogens is 648 g/mol. The second-order valence-electron chi connectivity index (χ2n) is 14.0. The minimum Gasteiger partial charge on any atom is -0.394 e. The lowest BCUT2D eigenvalue weighted by Gasteiger charge is -2.41. The van der Waals surface area contributed by atoms with E-state index in [2.05, 4.69) is 13.8 Å². The maximum absolute atomic E-state index is 10.2. The largest absolute Gasteiger partial charge is 0.394 e. The second-order valence-corrected chi connectivity index (χ2v) is 14.0. The molecule has 2 rings (SSSR count). The third kappa shape index (κ3) is 19.6. The van der Waals surface area contributed by atoms with Crippen molar-refractivity contribution in [3.8, 4) is 0 Å². The van der Waals surface area contributed by atoms with Gasteiger partial charge in [0.2, 0.25) is 0 Å². The first kappa shape index (κ1) is 47.5. The van der Waals surface area contributed by atoms with E-state index in [4.69, 9.17) is 28.4 Å². The highest BCUT2D eigenvalue weighted by Crippen LogP contribution is 2.25.